The summed E-state index contributed by atoms with van der Waals surface area (Å²) < 4.78 is 45.0. The summed E-state index contributed by atoms with van der Waals surface area (Å²) in [5, 5.41) is 9.03. The number of nitrogens with one attached hydrogen (secondary N) is 1. The second kappa shape index (κ2) is 10.2. The molecule has 5 nitrogen and oxygen atoms in total. The second-order valence-corrected chi connectivity index (χ2v) is 10.00. The predicted octanol–water partition coefficient (Wildman–Crippen LogP) is 7.08. The maximum absolute atomic E-state index is 13.1. The van der Waals surface area contributed by atoms with E-state index < -0.39 is 17.7 Å². The van der Waals surface area contributed by atoms with E-state index in [4.69, 9.17) is 9.84 Å². The molecule has 1 aromatic heterocycles. The Morgan fingerprint density at radius 3 is 2.49 bits per heavy atom. The smallest absolute Gasteiger partial charge is 0.416 e. The third-order valence-electron chi connectivity index (χ3n) is 7.62. The van der Waals surface area contributed by atoms with Crippen molar-refractivity contribution in [2.24, 2.45) is 5.92 Å². The molecule has 0 radical (unpaired) electrons. The van der Waals surface area contributed by atoms with Gasteiger partial charge in [-0.2, -0.15) is 13.2 Å². The first-order chi connectivity index (χ1) is 17.7. The minimum Gasteiger partial charge on any atom is -0.481 e. The van der Waals surface area contributed by atoms with Gasteiger partial charge >= 0.3 is 12.1 Å². The molecule has 1 fully saturated rings. The van der Waals surface area contributed by atoms with Crippen LogP contribution >= 0.6 is 0 Å². The van der Waals surface area contributed by atoms with Crippen LogP contribution in [-0.4, -0.2) is 34.3 Å². The van der Waals surface area contributed by atoms with Gasteiger partial charge in [0.1, 0.15) is 5.82 Å². The molecule has 8 heteroatoms. The summed E-state index contributed by atoms with van der Waals surface area (Å²) >= 11 is 0. The number of carbonyl (C=O) groups is 1. The fraction of sp³-hybridized carbons (Fsp3) is 0.379. The molecular weight excluding hydrogens is 481 g/mol. The van der Waals surface area contributed by atoms with Crippen LogP contribution in [0.4, 0.5) is 13.2 Å². The molecule has 2 aliphatic rings. The van der Waals surface area contributed by atoms with Crippen molar-refractivity contribution in [3.63, 3.8) is 0 Å². The van der Waals surface area contributed by atoms with E-state index in [0.717, 1.165) is 49.0 Å². The lowest BCUT2D eigenvalue weighted by Crippen LogP contribution is -2.21. The molecule has 0 spiro atoms. The zero-order valence-corrected chi connectivity index (χ0v) is 20.5. The first-order valence-corrected chi connectivity index (χ1v) is 12.5. The molecule has 2 atom stereocenters. The number of benzene rings is 2. The molecule has 0 aliphatic heterocycles. The molecule has 194 valence electrons. The molecule has 2 aromatic carbocycles. The van der Waals surface area contributed by atoms with E-state index in [0.29, 0.717) is 22.8 Å². The number of imidazole rings is 1. The Balaban J connectivity index is 1.29. The Kier molecular flexibility index (Phi) is 6.94. The Morgan fingerprint density at radius 2 is 1.84 bits per heavy atom. The number of nitrogens with zero attached hydrogens (tertiary/aromatic N) is 1. The maximum Gasteiger partial charge on any atom is 0.416 e. The summed E-state index contributed by atoms with van der Waals surface area (Å²) in [4.78, 5) is 18.5. The third-order valence-corrected chi connectivity index (χ3v) is 7.62. The second-order valence-electron chi connectivity index (χ2n) is 10.00. The molecule has 5 rings (SSSR count). The van der Waals surface area contributed by atoms with Gasteiger partial charge in [0.2, 0.25) is 0 Å². The zero-order chi connectivity index (χ0) is 26.2. The Hall–Kier alpha value is -3.39. The van der Waals surface area contributed by atoms with E-state index in [2.05, 4.69) is 34.2 Å². The molecule has 1 saturated carbocycles. The van der Waals surface area contributed by atoms with E-state index in [9.17, 15) is 18.0 Å². The van der Waals surface area contributed by atoms with Crippen LogP contribution in [0.3, 0.4) is 0 Å². The number of allylic oxidation sites excluding steroid dienone is 2. The molecule has 0 saturated heterocycles. The molecule has 37 heavy (non-hydrogen) atoms. The summed E-state index contributed by atoms with van der Waals surface area (Å²) in [6.45, 7) is 0. The SMILES string of the molecule is COC1C=C(c2ccc(C3CCC(CC(=O)O)CC3)cc2)C=CC1c1nc2ccc(C(F)(F)F)cc2[nH]1. The standard InChI is InChI=1S/C29H29F3N2O3/c1-37-26-15-21(20-8-6-19(7-9-20)18-4-2-17(3-5-18)14-27(35)36)10-12-23(26)28-33-24-13-11-22(29(30,31)32)16-25(24)34-28/h6-13,15-18,23,26H,2-5,14H2,1H3,(H,33,34)(H,35,36). The number of ether oxygens (including phenoxy) is 1. The average Bonchev–Trinajstić information content (AvgIpc) is 3.31. The van der Waals surface area contributed by atoms with Crippen LogP contribution in [-0.2, 0) is 15.7 Å². The highest BCUT2D eigenvalue weighted by Crippen LogP contribution is 2.38. The molecule has 0 amide bonds. The predicted molar refractivity (Wildman–Crippen MR) is 135 cm³/mol. The lowest BCUT2D eigenvalue weighted by Gasteiger charge is -2.28. The summed E-state index contributed by atoms with van der Waals surface area (Å²) in [6.07, 6.45) is 5.43. The highest BCUT2D eigenvalue weighted by Gasteiger charge is 2.31. The van der Waals surface area contributed by atoms with Crippen LogP contribution in [0.5, 0.6) is 0 Å². The number of hydrogen-bond donors (Lipinski definition) is 2. The van der Waals surface area contributed by atoms with Crippen molar-refractivity contribution in [3.8, 4) is 0 Å². The Bertz CT molecular complexity index is 1330. The van der Waals surface area contributed by atoms with Crippen molar-refractivity contribution < 1.29 is 27.8 Å². The lowest BCUT2D eigenvalue weighted by atomic mass is 9.77. The first-order valence-electron chi connectivity index (χ1n) is 12.5. The Labute approximate surface area is 213 Å². The number of carboxylic acid groups (broad SMARTS) is 1. The maximum atomic E-state index is 13.1. The van der Waals surface area contributed by atoms with E-state index in [1.807, 2.05) is 18.2 Å². The quantitative estimate of drug-likeness (QED) is 0.372. The highest BCUT2D eigenvalue weighted by molar-refractivity contribution is 5.78. The number of carboxylic acids is 1. The van der Waals surface area contributed by atoms with Crippen molar-refractivity contribution in [3.05, 3.63) is 83.2 Å². The van der Waals surface area contributed by atoms with Crippen molar-refractivity contribution in [2.75, 3.05) is 7.11 Å². The van der Waals surface area contributed by atoms with Crippen molar-refractivity contribution in [2.45, 2.75) is 56.2 Å². The lowest BCUT2D eigenvalue weighted by molar-refractivity contribution is -0.138. The normalized spacial score (nSPS) is 24.3. The number of aliphatic carboxylic acids is 1. The van der Waals surface area contributed by atoms with Gasteiger partial charge in [0.25, 0.3) is 0 Å². The van der Waals surface area contributed by atoms with Crippen LogP contribution < -0.4 is 0 Å². The molecule has 3 aromatic rings. The molecule has 0 bridgehead atoms. The monoisotopic (exact) mass is 510 g/mol. The van der Waals surface area contributed by atoms with Gasteiger partial charge < -0.3 is 14.8 Å². The van der Waals surface area contributed by atoms with Gasteiger partial charge in [-0.05, 0) is 78.5 Å². The van der Waals surface area contributed by atoms with Crippen molar-refractivity contribution in [1.82, 2.24) is 9.97 Å². The van der Waals surface area contributed by atoms with Gasteiger partial charge in [-0.15, -0.1) is 0 Å². The first kappa shape index (κ1) is 25.3. The number of methoxy groups -OCH3 is 1. The number of hydrogen-bond acceptors (Lipinski definition) is 3. The van der Waals surface area contributed by atoms with Crippen LogP contribution in [0.25, 0.3) is 16.6 Å². The summed E-state index contributed by atoms with van der Waals surface area (Å²) in [7, 11) is 1.61. The molecule has 1 heterocycles. The van der Waals surface area contributed by atoms with Gasteiger partial charge in [-0.25, -0.2) is 4.98 Å². The van der Waals surface area contributed by atoms with E-state index in [1.165, 1.54) is 11.6 Å². The molecule has 2 unspecified atom stereocenters. The van der Waals surface area contributed by atoms with Crippen molar-refractivity contribution in [1.29, 1.82) is 0 Å². The van der Waals surface area contributed by atoms with Gasteiger partial charge in [0.15, 0.2) is 0 Å². The number of rotatable bonds is 6. The topological polar surface area (TPSA) is 75.2 Å². The van der Waals surface area contributed by atoms with E-state index in [1.54, 1.807) is 7.11 Å². The molecule has 2 aliphatic carbocycles. The van der Waals surface area contributed by atoms with Gasteiger partial charge in [0, 0.05) is 13.5 Å². The fourth-order valence-electron chi connectivity index (χ4n) is 5.57. The highest BCUT2D eigenvalue weighted by atomic mass is 19.4. The van der Waals surface area contributed by atoms with E-state index >= 15 is 0 Å². The largest absolute Gasteiger partial charge is 0.481 e. The summed E-state index contributed by atoms with van der Waals surface area (Å²) in [5.74, 6) is 0.325. The van der Waals surface area contributed by atoms with Crippen LogP contribution in [0.2, 0.25) is 0 Å². The average molecular weight is 511 g/mol. The number of aromatic amines is 1. The number of fused-ring (bicyclic) bond motifs is 1. The third kappa shape index (κ3) is 5.49. The minimum atomic E-state index is -4.41. The van der Waals surface area contributed by atoms with Gasteiger partial charge in [0.05, 0.1) is 28.6 Å². The summed E-state index contributed by atoms with van der Waals surface area (Å²) in [5.41, 5.74) is 3.45. The van der Waals surface area contributed by atoms with E-state index in [-0.39, 0.29) is 24.4 Å². The number of halogens is 3. The Morgan fingerprint density at radius 1 is 1.11 bits per heavy atom. The number of H-pyrrole nitrogens is 1. The zero-order valence-electron chi connectivity index (χ0n) is 20.5. The molecular formula is C29H29F3N2O3. The molecule has 2 N–H and O–H groups in total. The van der Waals surface area contributed by atoms with Gasteiger partial charge in [-0.1, -0.05) is 36.4 Å². The minimum absolute atomic E-state index is 0.254. The van der Waals surface area contributed by atoms with Crippen LogP contribution in [0, 0.1) is 5.92 Å². The fourth-order valence-corrected chi connectivity index (χ4v) is 5.57. The van der Waals surface area contributed by atoms with Crippen LogP contribution in [0.15, 0.2) is 60.7 Å². The van der Waals surface area contributed by atoms with Gasteiger partial charge in [-0.3, -0.25) is 4.79 Å². The number of aromatic nitrogens is 2. The van der Waals surface area contributed by atoms with Crippen LogP contribution in [0.1, 0.15) is 66.5 Å². The van der Waals surface area contributed by atoms with Crippen molar-refractivity contribution >= 4 is 22.6 Å². The summed E-state index contributed by atoms with van der Waals surface area (Å²) in [6, 6.07) is 12.0. The number of alkyl halides is 3.